The topological polar surface area (TPSA) is 70.1 Å². The van der Waals surface area contributed by atoms with Gasteiger partial charge in [0.1, 0.15) is 0 Å². The summed E-state index contributed by atoms with van der Waals surface area (Å²) in [6, 6.07) is 8.89. The second kappa shape index (κ2) is 6.02. The lowest BCUT2D eigenvalue weighted by Gasteiger charge is -2.23. The summed E-state index contributed by atoms with van der Waals surface area (Å²) < 4.78 is 0. The molecule has 0 aromatic heterocycles. The Bertz CT molecular complexity index is 435. The van der Waals surface area contributed by atoms with Crippen molar-refractivity contribution in [2.24, 2.45) is 5.73 Å². The fourth-order valence-corrected chi connectivity index (χ4v) is 1.61. The first-order chi connectivity index (χ1) is 8.10. The summed E-state index contributed by atoms with van der Waals surface area (Å²) in [6.45, 7) is 4.58. The molecule has 0 saturated heterocycles. The maximum atomic E-state index is 11.8. The van der Waals surface area contributed by atoms with E-state index in [9.17, 15) is 4.79 Å². The second-order valence-corrected chi connectivity index (χ2v) is 3.91. The Morgan fingerprint density at radius 2 is 2.18 bits per heavy atom. The normalized spacial score (nSPS) is 11.6. The Kier molecular flexibility index (Phi) is 4.68. The van der Waals surface area contributed by atoms with Crippen molar-refractivity contribution in [3.63, 3.8) is 0 Å². The van der Waals surface area contributed by atoms with Crippen molar-refractivity contribution in [3.8, 4) is 6.07 Å². The van der Waals surface area contributed by atoms with Crippen LogP contribution in [0.2, 0.25) is 0 Å². The van der Waals surface area contributed by atoms with Gasteiger partial charge in [-0.15, -0.1) is 0 Å². The highest BCUT2D eigenvalue weighted by Crippen LogP contribution is 2.11. The summed E-state index contributed by atoms with van der Waals surface area (Å²) in [4.78, 5) is 13.4. The first-order valence-corrected chi connectivity index (χ1v) is 5.62. The van der Waals surface area contributed by atoms with Crippen LogP contribution in [-0.4, -0.2) is 23.4 Å². The third-order valence-electron chi connectivity index (χ3n) is 2.58. The molecule has 0 bridgehead atoms. The minimum atomic E-state index is -0.510. The van der Waals surface area contributed by atoms with Crippen LogP contribution in [0.4, 0.5) is 0 Å². The number of amides is 1. The summed E-state index contributed by atoms with van der Waals surface area (Å²) in [7, 11) is 0. The summed E-state index contributed by atoms with van der Waals surface area (Å²) in [5.41, 5.74) is 7.03. The van der Waals surface area contributed by atoms with E-state index in [1.165, 1.54) is 0 Å². The molecule has 4 nitrogen and oxygen atoms in total. The van der Waals surface area contributed by atoms with Crippen LogP contribution in [0.5, 0.6) is 0 Å². The predicted octanol–water partition coefficient (Wildman–Crippen LogP) is 1.25. The van der Waals surface area contributed by atoms with Crippen molar-refractivity contribution in [2.45, 2.75) is 26.4 Å². The molecular weight excluding hydrogens is 214 g/mol. The van der Waals surface area contributed by atoms with Crippen LogP contribution in [0, 0.1) is 11.3 Å². The van der Waals surface area contributed by atoms with Crippen LogP contribution in [0.15, 0.2) is 24.3 Å². The van der Waals surface area contributed by atoms with E-state index in [1.807, 2.05) is 25.1 Å². The Hall–Kier alpha value is -1.86. The molecule has 0 spiro atoms. The van der Waals surface area contributed by atoms with Gasteiger partial charge in [0.25, 0.3) is 0 Å². The van der Waals surface area contributed by atoms with Gasteiger partial charge in [0.2, 0.25) is 5.91 Å². The number of rotatable bonds is 4. The van der Waals surface area contributed by atoms with E-state index in [1.54, 1.807) is 17.9 Å². The zero-order chi connectivity index (χ0) is 12.8. The summed E-state index contributed by atoms with van der Waals surface area (Å²) in [6.07, 6.45) is 0. The van der Waals surface area contributed by atoms with Crippen molar-refractivity contribution in [3.05, 3.63) is 35.4 Å². The maximum absolute atomic E-state index is 11.8. The molecule has 0 aliphatic carbocycles. The molecule has 4 heteroatoms. The molecule has 17 heavy (non-hydrogen) atoms. The SMILES string of the molecule is CCN(Cc1ccccc1C#N)C(=O)C(C)N. The number of likely N-dealkylation sites (N-methyl/N-ethyl adjacent to an activating group) is 1. The lowest BCUT2D eigenvalue weighted by molar-refractivity contribution is -0.132. The number of nitrogens with zero attached hydrogens (tertiary/aromatic N) is 2. The zero-order valence-corrected chi connectivity index (χ0v) is 10.2. The van der Waals surface area contributed by atoms with E-state index in [2.05, 4.69) is 6.07 Å². The number of carbonyl (C=O) groups excluding carboxylic acids is 1. The van der Waals surface area contributed by atoms with Crippen molar-refractivity contribution >= 4 is 5.91 Å². The first kappa shape index (κ1) is 13.2. The van der Waals surface area contributed by atoms with Crippen molar-refractivity contribution in [2.75, 3.05) is 6.54 Å². The molecule has 2 N–H and O–H groups in total. The molecule has 0 heterocycles. The van der Waals surface area contributed by atoms with Gasteiger partial charge in [0, 0.05) is 13.1 Å². The maximum Gasteiger partial charge on any atom is 0.239 e. The number of nitrogens with two attached hydrogens (primary N) is 1. The monoisotopic (exact) mass is 231 g/mol. The van der Waals surface area contributed by atoms with Gasteiger partial charge in [-0.3, -0.25) is 4.79 Å². The molecule has 0 radical (unpaired) electrons. The van der Waals surface area contributed by atoms with E-state index < -0.39 is 6.04 Å². The molecule has 1 amide bonds. The quantitative estimate of drug-likeness (QED) is 0.847. The van der Waals surface area contributed by atoms with Crippen LogP contribution in [0.1, 0.15) is 25.0 Å². The van der Waals surface area contributed by atoms with E-state index >= 15 is 0 Å². The van der Waals surface area contributed by atoms with Crippen LogP contribution in [-0.2, 0) is 11.3 Å². The van der Waals surface area contributed by atoms with Gasteiger partial charge in [-0.05, 0) is 25.5 Å². The largest absolute Gasteiger partial charge is 0.337 e. The Morgan fingerprint density at radius 3 is 2.71 bits per heavy atom. The summed E-state index contributed by atoms with van der Waals surface area (Å²) >= 11 is 0. The second-order valence-electron chi connectivity index (χ2n) is 3.91. The number of nitriles is 1. The molecular formula is C13H17N3O. The highest BCUT2D eigenvalue weighted by atomic mass is 16.2. The zero-order valence-electron chi connectivity index (χ0n) is 10.2. The fourth-order valence-electron chi connectivity index (χ4n) is 1.61. The van der Waals surface area contributed by atoms with Gasteiger partial charge >= 0.3 is 0 Å². The average Bonchev–Trinajstić information content (AvgIpc) is 2.35. The minimum Gasteiger partial charge on any atom is -0.337 e. The van der Waals surface area contributed by atoms with Gasteiger partial charge in [0.05, 0.1) is 17.7 Å². The van der Waals surface area contributed by atoms with E-state index in [0.717, 1.165) is 5.56 Å². The van der Waals surface area contributed by atoms with Crippen LogP contribution >= 0.6 is 0 Å². The molecule has 1 unspecified atom stereocenters. The molecule has 1 aromatic carbocycles. The molecule has 1 aromatic rings. The van der Waals surface area contributed by atoms with Crippen molar-refractivity contribution in [1.29, 1.82) is 5.26 Å². The van der Waals surface area contributed by atoms with E-state index in [0.29, 0.717) is 18.7 Å². The highest BCUT2D eigenvalue weighted by molar-refractivity contribution is 5.81. The van der Waals surface area contributed by atoms with Gasteiger partial charge in [0.15, 0.2) is 0 Å². The van der Waals surface area contributed by atoms with Gasteiger partial charge in [-0.1, -0.05) is 18.2 Å². The predicted molar refractivity (Wildman–Crippen MR) is 65.9 cm³/mol. The van der Waals surface area contributed by atoms with Crippen molar-refractivity contribution < 1.29 is 4.79 Å². The number of hydrogen-bond donors (Lipinski definition) is 1. The van der Waals surface area contributed by atoms with Gasteiger partial charge in [-0.2, -0.15) is 5.26 Å². The summed E-state index contributed by atoms with van der Waals surface area (Å²) in [5.74, 6) is -0.0970. The molecule has 1 rings (SSSR count). The van der Waals surface area contributed by atoms with E-state index in [4.69, 9.17) is 11.0 Å². The molecule has 0 fully saturated rings. The minimum absolute atomic E-state index is 0.0970. The van der Waals surface area contributed by atoms with Crippen LogP contribution < -0.4 is 5.73 Å². The van der Waals surface area contributed by atoms with E-state index in [-0.39, 0.29) is 5.91 Å². The third kappa shape index (κ3) is 3.30. The summed E-state index contributed by atoms with van der Waals surface area (Å²) in [5, 5.41) is 8.97. The van der Waals surface area contributed by atoms with Gasteiger partial charge in [-0.25, -0.2) is 0 Å². The third-order valence-corrected chi connectivity index (χ3v) is 2.58. The Labute approximate surface area is 102 Å². The molecule has 0 aliphatic heterocycles. The highest BCUT2D eigenvalue weighted by Gasteiger charge is 2.16. The van der Waals surface area contributed by atoms with Gasteiger partial charge < -0.3 is 10.6 Å². The number of benzene rings is 1. The molecule has 90 valence electrons. The standard InChI is InChI=1S/C13H17N3O/c1-3-16(13(17)10(2)15)9-12-7-5-4-6-11(12)8-14/h4-7,10H,3,9,15H2,1-2H3. The van der Waals surface area contributed by atoms with Crippen LogP contribution in [0.3, 0.4) is 0 Å². The van der Waals surface area contributed by atoms with Crippen LogP contribution in [0.25, 0.3) is 0 Å². The first-order valence-electron chi connectivity index (χ1n) is 5.62. The fraction of sp³-hybridized carbons (Fsp3) is 0.385. The Morgan fingerprint density at radius 1 is 1.53 bits per heavy atom. The Balaban J connectivity index is 2.89. The smallest absolute Gasteiger partial charge is 0.239 e. The molecule has 1 atom stereocenters. The lowest BCUT2D eigenvalue weighted by Crippen LogP contribution is -2.41. The number of carbonyl (C=O) groups is 1. The lowest BCUT2D eigenvalue weighted by atomic mass is 10.1. The molecule has 0 aliphatic rings. The van der Waals surface area contributed by atoms with Crippen molar-refractivity contribution in [1.82, 2.24) is 4.90 Å². The number of hydrogen-bond acceptors (Lipinski definition) is 3. The molecule has 0 saturated carbocycles. The average molecular weight is 231 g/mol.